The SMILES string of the molecule is NC(=O)CN1CCCN(c2ccc(C(F)(F)F)cc2[N+](=O)[O-])CC1. The molecule has 0 aromatic heterocycles. The number of nitrogens with zero attached hydrogens (tertiary/aromatic N) is 3. The molecule has 1 heterocycles. The Bertz CT molecular complexity index is 636. The number of nitrogens with two attached hydrogens (primary N) is 1. The highest BCUT2D eigenvalue weighted by molar-refractivity contribution is 5.76. The summed E-state index contributed by atoms with van der Waals surface area (Å²) in [5.41, 5.74) is 3.67. The van der Waals surface area contributed by atoms with Crippen molar-refractivity contribution >= 4 is 17.3 Å². The lowest BCUT2D eigenvalue weighted by Crippen LogP contribution is -2.36. The van der Waals surface area contributed by atoms with Crippen LogP contribution in [0.25, 0.3) is 0 Å². The summed E-state index contributed by atoms with van der Waals surface area (Å²) < 4.78 is 38.3. The molecule has 0 saturated carbocycles. The van der Waals surface area contributed by atoms with Crippen LogP contribution in [0.4, 0.5) is 24.5 Å². The van der Waals surface area contributed by atoms with Gasteiger partial charge in [0.15, 0.2) is 0 Å². The van der Waals surface area contributed by atoms with Crippen LogP contribution < -0.4 is 10.6 Å². The molecule has 1 aliphatic rings. The summed E-state index contributed by atoms with van der Waals surface area (Å²) in [7, 11) is 0. The number of amides is 1. The Kier molecular flexibility index (Phi) is 5.27. The Morgan fingerprint density at radius 2 is 1.96 bits per heavy atom. The van der Waals surface area contributed by atoms with Crippen LogP contribution >= 0.6 is 0 Å². The van der Waals surface area contributed by atoms with Crippen molar-refractivity contribution in [1.82, 2.24) is 4.90 Å². The first-order chi connectivity index (χ1) is 11.2. The van der Waals surface area contributed by atoms with Crippen molar-refractivity contribution in [1.29, 1.82) is 0 Å². The second-order valence-electron chi connectivity index (χ2n) is 5.54. The zero-order valence-electron chi connectivity index (χ0n) is 12.8. The Hall–Kier alpha value is -2.36. The molecular weight excluding hydrogens is 329 g/mol. The van der Waals surface area contributed by atoms with Gasteiger partial charge < -0.3 is 10.6 Å². The summed E-state index contributed by atoms with van der Waals surface area (Å²) in [5.74, 6) is -0.469. The van der Waals surface area contributed by atoms with Gasteiger partial charge in [-0.3, -0.25) is 19.8 Å². The first-order valence-electron chi connectivity index (χ1n) is 7.29. The topological polar surface area (TPSA) is 92.7 Å². The number of halogens is 3. The average Bonchev–Trinajstić information content (AvgIpc) is 2.70. The van der Waals surface area contributed by atoms with Gasteiger partial charge in [-0.2, -0.15) is 13.2 Å². The van der Waals surface area contributed by atoms with Gasteiger partial charge in [0, 0.05) is 32.2 Å². The molecule has 1 saturated heterocycles. The first-order valence-corrected chi connectivity index (χ1v) is 7.29. The van der Waals surface area contributed by atoms with E-state index in [1.807, 2.05) is 4.90 Å². The lowest BCUT2D eigenvalue weighted by atomic mass is 10.1. The number of rotatable bonds is 4. The Morgan fingerprint density at radius 1 is 1.25 bits per heavy atom. The van der Waals surface area contributed by atoms with Crippen molar-refractivity contribution < 1.29 is 22.9 Å². The molecule has 1 fully saturated rings. The number of nitro benzene ring substituents is 1. The molecule has 1 aromatic carbocycles. The second kappa shape index (κ2) is 7.04. The maximum atomic E-state index is 12.8. The van der Waals surface area contributed by atoms with E-state index in [-0.39, 0.29) is 12.2 Å². The highest BCUT2D eigenvalue weighted by Crippen LogP contribution is 2.36. The van der Waals surface area contributed by atoms with E-state index < -0.39 is 28.3 Å². The fourth-order valence-electron chi connectivity index (χ4n) is 2.70. The van der Waals surface area contributed by atoms with E-state index in [4.69, 9.17) is 5.73 Å². The van der Waals surface area contributed by atoms with Crippen LogP contribution in [0.2, 0.25) is 0 Å². The molecule has 1 amide bonds. The smallest absolute Gasteiger partial charge is 0.369 e. The van der Waals surface area contributed by atoms with Gasteiger partial charge in [0.1, 0.15) is 5.69 Å². The van der Waals surface area contributed by atoms with Crippen LogP contribution in [0.3, 0.4) is 0 Å². The third kappa shape index (κ3) is 4.34. The van der Waals surface area contributed by atoms with E-state index in [1.165, 1.54) is 0 Å². The number of carbonyl (C=O) groups excluding carboxylic acids is 1. The summed E-state index contributed by atoms with van der Waals surface area (Å²) in [4.78, 5) is 24.8. The van der Waals surface area contributed by atoms with Crippen LogP contribution in [-0.4, -0.2) is 48.5 Å². The standard InChI is InChI=1S/C14H17F3N4O3/c15-14(16,17)10-2-3-11(12(8-10)21(23)24)20-5-1-4-19(6-7-20)9-13(18)22/h2-3,8H,1,4-7,9H2,(H2,18,22). The summed E-state index contributed by atoms with van der Waals surface area (Å²) >= 11 is 0. The summed E-state index contributed by atoms with van der Waals surface area (Å²) in [5, 5.41) is 11.2. The maximum Gasteiger partial charge on any atom is 0.416 e. The number of hydrogen-bond acceptors (Lipinski definition) is 5. The Balaban J connectivity index is 2.24. The second-order valence-corrected chi connectivity index (χ2v) is 5.54. The number of nitro groups is 1. The number of benzene rings is 1. The monoisotopic (exact) mass is 346 g/mol. The fraction of sp³-hybridized carbons (Fsp3) is 0.500. The minimum atomic E-state index is -4.64. The molecule has 0 aliphatic carbocycles. The third-order valence-corrected chi connectivity index (χ3v) is 3.81. The molecule has 0 unspecified atom stereocenters. The van der Waals surface area contributed by atoms with Gasteiger partial charge in [-0.1, -0.05) is 0 Å². The van der Waals surface area contributed by atoms with E-state index in [0.29, 0.717) is 38.7 Å². The van der Waals surface area contributed by atoms with Crippen molar-refractivity contribution in [3.63, 3.8) is 0 Å². The molecule has 132 valence electrons. The number of primary amides is 1. The maximum absolute atomic E-state index is 12.8. The number of alkyl halides is 3. The number of anilines is 1. The third-order valence-electron chi connectivity index (χ3n) is 3.81. The molecule has 24 heavy (non-hydrogen) atoms. The molecule has 2 rings (SSSR count). The predicted molar refractivity (Wildman–Crippen MR) is 80.6 cm³/mol. The zero-order chi connectivity index (χ0) is 17.9. The largest absolute Gasteiger partial charge is 0.416 e. The quantitative estimate of drug-likeness (QED) is 0.660. The van der Waals surface area contributed by atoms with Gasteiger partial charge in [-0.05, 0) is 18.6 Å². The Labute approximate surface area is 136 Å². The lowest BCUT2D eigenvalue weighted by Gasteiger charge is -2.23. The molecule has 7 nitrogen and oxygen atoms in total. The average molecular weight is 346 g/mol. The zero-order valence-corrected chi connectivity index (χ0v) is 12.8. The molecule has 0 spiro atoms. The predicted octanol–water partition coefficient (Wildman–Crippen LogP) is 1.61. The molecule has 10 heteroatoms. The lowest BCUT2D eigenvalue weighted by molar-refractivity contribution is -0.384. The van der Waals surface area contributed by atoms with Crippen LogP contribution in [0, 0.1) is 10.1 Å². The van der Waals surface area contributed by atoms with Gasteiger partial charge in [0.05, 0.1) is 17.0 Å². The van der Waals surface area contributed by atoms with Gasteiger partial charge in [0.25, 0.3) is 5.69 Å². The number of hydrogen-bond donors (Lipinski definition) is 1. The van der Waals surface area contributed by atoms with Crippen molar-refractivity contribution in [3.8, 4) is 0 Å². The van der Waals surface area contributed by atoms with E-state index in [9.17, 15) is 28.1 Å². The van der Waals surface area contributed by atoms with Crippen LogP contribution in [0.15, 0.2) is 18.2 Å². The summed E-state index contributed by atoms with van der Waals surface area (Å²) in [6.07, 6.45) is -4.02. The van der Waals surface area contributed by atoms with E-state index in [1.54, 1.807) is 4.90 Å². The molecule has 1 aromatic rings. The molecule has 0 radical (unpaired) electrons. The van der Waals surface area contributed by atoms with E-state index in [2.05, 4.69) is 0 Å². The minimum Gasteiger partial charge on any atom is -0.369 e. The van der Waals surface area contributed by atoms with Crippen LogP contribution in [0.1, 0.15) is 12.0 Å². The first kappa shape index (κ1) is 18.0. The van der Waals surface area contributed by atoms with Gasteiger partial charge in [0.2, 0.25) is 5.91 Å². The van der Waals surface area contributed by atoms with Crippen LogP contribution in [-0.2, 0) is 11.0 Å². The fourth-order valence-corrected chi connectivity index (χ4v) is 2.70. The summed E-state index contributed by atoms with van der Waals surface area (Å²) in [6, 6.07) is 2.53. The van der Waals surface area contributed by atoms with Crippen LogP contribution in [0.5, 0.6) is 0 Å². The highest BCUT2D eigenvalue weighted by Gasteiger charge is 2.34. The van der Waals surface area contributed by atoms with Gasteiger partial charge in [-0.15, -0.1) is 0 Å². The normalized spacial score (nSPS) is 16.7. The molecule has 0 atom stereocenters. The Morgan fingerprint density at radius 3 is 2.54 bits per heavy atom. The van der Waals surface area contributed by atoms with Crippen molar-refractivity contribution in [2.75, 3.05) is 37.6 Å². The minimum absolute atomic E-state index is 0.0863. The van der Waals surface area contributed by atoms with Gasteiger partial charge in [-0.25, -0.2) is 0 Å². The van der Waals surface area contributed by atoms with Crippen molar-refractivity contribution in [2.24, 2.45) is 5.73 Å². The molecule has 2 N–H and O–H groups in total. The van der Waals surface area contributed by atoms with E-state index in [0.717, 1.165) is 12.1 Å². The molecule has 1 aliphatic heterocycles. The summed E-state index contributed by atoms with van der Waals surface area (Å²) in [6.45, 7) is 1.93. The van der Waals surface area contributed by atoms with E-state index >= 15 is 0 Å². The van der Waals surface area contributed by atoms with Crippen molar-refractivity contribution in [3.05, 3.63) is 33.9 Å². The number of carbonyl (C=O) groups is 1. The molecule has 0 bridgehead atoms. The highest BCUT2D eigenvalue weighted by atomic mass is 19.4. The van der Waals surface area contributed by atoms with Gasteiger partial charge >= 0.3 is 6.18 Å². The van der Waals surface area contributed by atoms with Crippen molar-refractivity contribution in [2.45, 2.75) is 12.6 Å². The molecular formula is C14H17F3N4O3.